The zero-order valence-corrected chi connectivity index (χ0v) is 11.8. The number of nitrogens with one attached hydrogen (secondary N) is 1. The predicted molar refractivity (Wildman–Crippen MR) is 75.1 cm³/mol. The molecule has 4 nitrogen and oxygen atoms in total. The van der Waals surface area contributed by atoms with Gasteiger partial charge in [0.05, 0.1) is 4.92 Å². The fraction of sp³-hybridized carbons (Fsp3) is 0.571. The molecule has 18 heavy (non-hydrogen) atoms. The standard InChI is InChI=1S/C14H22N2O2/c1-6-12(9(2)3)15-13-7-10(4)11(5)8-14(13)16(17)18/h7-9,12,15H,6H2,1-5H3. The lowest BCUT2D eigenvalue weighted by molar-refractivity contribution is -0.384. The van der Waals surface area contributed by atoms with Crippen molar-refractivity contribution in [2.24, 2.45) is 5.92 Å². The minimum atomic E-state index is -0.318. The summed E-state index contributed by atoms with van der Waals surface area (Å²) in [5, 5.41) is 14.4. The van der Waals surface area contributed by atoms with Crippen molar-refractivity contribution in [3.8, 4) is 0 Å². The second kappa shape index (κ2) is 5.85. The average molecular weight is 250 g/mol. The third kappa shape index (κ3) is 3.22. The summed E-state index contributed by atoms with van der Waals surface area (Å²) in [6.45, 7) is 10.2. The molecule has 0 aliphatic carbocycles. The van der Waals surface area contributed by atoms with Crippen LogP contribution in [0, 0.1) is 29.9 Å². The van der Waals surface area contributed by atoms with Crippen LogP contribution < -0.4 is 5.32 Å². The third-order valence-corrected chi connectivity index (χ3v) is 3.39. The molecule has 100 valence electrons. The summed E-state index contributed by atoms with van der Waals surface area (Å²) < 4.78 is 0. The summed E-state index contributed by atoms with van der Waals surface area (Å²) in [6.07, 6.45) is 0.946. The normalized spacial score (nSPS) is 12.6. The van der Waals surface area contributed by atoms with Gasteiger partial charge >= 0.3 is 0 Å². The Morgan fingerprint density at radius 3 is 2.28 bits per heavy atom. The van der Waals surface area contributed by atoms with E-state index in [0.717, 1.165) is 17.5 Å². The number of benzene rings is 1. The molecule has 0 heterocycles. The number of nitro benzene ring substituents is 1. The number of anilines is 1. The zero-order chi connectivity index (χ0) is 13.9. The summed E-state index contributed by atoms with van der Waals surface area (Å²) in [4.78, 5) is 10.8. The molecule has 0 fully saturated rings. The van der Waals surface area contributed by atoms with Gasteiger partial charge in [0.15, 0.2) is 0 Å². The molecule has 1 N–H and O–H groups in total. The molecule has 1 atom stereocenters. The Bertz CT molecular complexity index is 442. The van der Waals surface area contributed by atoms with Crippen molar-refractivity contribution >= 4 is 11.4 Å². The number of nitrogens with zero attached hydrogens (tertiary/aromatic N) is 1. The van der Waals surface area contributed by atoms with Crippen molar-refractivity contribution in [2.45, 2.75) is 47.1 Å². The highest BCUT2D eigenvalue weighted by Gasteiger charge is 2.19. The Hall–Kier alpha value is -1.58. The maximum atomic E-state index is 11.1. The molecule has 1 aromatic rings. The average Bonchev–Trinajstić information content (AvgIpc) is 2.29. The van der Waals surface area contributed by atoms with Crippen LogP contribution in [0.15, 0.2) is 12.1 Å². The van der Waals surface area contributed by atoms with Gasteiger partial charge in [0, 0.05) is 12.1 Å². The van der Waals surface area contributed by atoms with Crippen molar-refractivity contribution in [3.63, 3.8) is 0 Å². The van der Waals surface area contributed by atoms with Crippen LogP contribution in [-0.2, 0) is 0 Å². The highest BCUT2D eigenvalue weighted by Crippen LogP contribution is 2.29. The second-order valence-electron chi connectivity index (χ2n) is 5.11. The molecule has 0 aliphatic rings. The summed E-state index contributed by atoms with van der Waals surface area (Å²) in [5.74, 6) is 0.441. The first-order valence-electron chi connectivity index (χ1n) is 6.39. The molecule has 0 aliphatic heterocycles. The quantitative estimate of drug-likeness (QED) is 0.633. The summed E-state index contributed by atoms with van der Waals surface area (Å²) in [7, 11) is 0. The first-order valence-corrected chi connectivity index (χ1v) is 6.39. The van der Waals surface area contributed by atoms with E-state index < -0.39 is 0 Å². The topological polar surface area (TPSA) is 55.2 Å². The van der Waals surface area contributed by atoms with E-state index >= 15 is 0 Å². The number of rotatable bonds is 5. The number of aryl methyl sites for hydroxylation is 2. The van der Waals surface area contributed by atoms with Crippen LogP contribution >= 0.6 is 0 Å². The second-order valence-corrected chi connectivity index (χ2v) is 5.11. The molecule has 4 heteroatoms. The van der Waals surface area contributed by atoms with E-state index in [1.165, 1.54) is 0 Å². The number of hydrogen-bond acceptors (Lipinski definition) is 3. The van der Waals surface area contributed by atoms with Gasteiger partial charge in [-0.1, -0.05) is 20.8 Å². The van der Waals surface area contributed by atoms with Crippen molar-refractivity contribution in [2.75, 3.05) is 5.32 Å². The third-order valence-electron chi connectivity index (χ3n) is 3.39. The summed E-state index contributed by atoms with van der Waals surface area (Å²) in [6, 6.07) is 3.77. The van der Waals surface area contributed by atoms with Crippen molar-refractivity contribution in [3.05, 3.63) is 33.4 Å². The van der Waals surface area contributed by atoms with Crippen molar-refractivity contribution < 1.29 is 4.92 Å². The maximum absolute atomic E-state index is 11.1. The van der Waals surface area contributed by atoms with Gasteiger partial charge in [-0.25, -0.2) is 0 Å². The molecular formula is C14H22N2O2. The fourth-order valence-electron chi connectivity index (χ4n) is 2.01. The van der Waals surface area contributed by atoms with E-state index in [4.69, 9.17) is 0 Å². The maximum Gasteiger partial charge on any atom is 0.292 e. The molecule has 0 saturated heterocycles. The van der Waals surface area contributed by atoms with Gasteiger partial charge in [0.1, 0.15) is 5.69 Å². The number of hydrogen-bond donors (Lipinski definition) is 1. The highest BCUT2D eigenvalue weighted by atomic mass is 16.6. The van der Waals surface area contributed by atoms with Crippen LogP contribution in [0.5, 0.6) is 0 Å². The SMILES string of the molecule is CCC(Nc1cc(C)c(C)cc1[N+](=O)[O-])C(C)C. The van der Waals surface area contributed by atoms with E-state index in [0.29, 0.717) is 11.6 Å². The molecule has 0 saturated carbocycles. The van der Waals surface area contributed by atoms with Gasteiger partial charge in [0.25, 0.3) is 5.69 Å². The fourth-order valence-corrected chi connectivity index (χ4v) is 2.01. The Kier molecular flexibility index (Phi) is 4.70. The Balaban J connectivity index is 3.14. The molecule has 0 bridgehead atoms. The van der Waals surface area contributed by atoms with E-state index in [9.17, 15) is 10.1 Å². The van der Waals surface area contributed by atoms with Gasteiger partial charge in [0.2, 0.25) is 0 Å². The first-order chi connectivity index (χ1) is 8.36. The van der Waals surface area contributed by atoms with Gasteiger partial charge < -0.3 is 5.32 Å². The van der Waals surface area contributed by atoms with E-state index in [-0.39, 0.29) is 16.7 Å². The van der Waals surface area contributed by atoms with Crippen molar-refractivity contribution in [1.29, 1.82) is 0 Å². The largest absolute Gasteiger partial charge is 0.377 e. The Morgan fingerprint density at radius 1 is 1.28 bits per heavy atom. The monoisotopic (exact) mass is 250 g/mol. The molecular weight excluding hydrogens is 228 g/mol. The van der Waals surface area contributed by atoms with Gasteiger partial charge in [-0.3, -0.25) is 10.1 Å². The lowest BCUT2D eigenvalue weighted by atomic mass is 10.0. The van der Waals surface area contributed by atoms with Gasteiger partial charge in [-0.05, 0) is 43.4 Å². The number of nitro groups is 1. The Labute approximate surface area is 109 Å². The summed E-state index contributed by atoms with van der Waals surface area (Å²) in [5.41, 5.74) is 2.81. The lowest BCUT2D eigenvalue weighted by Crippen LogP contribution is -2.25. The van der Waals surface area contributed by atoms with Gasteiger partial charge in [-0.15, -0.1) is 0 Å². The van der Waals surface area contributed by atoms with E-state index in [2.05, 4.69) is 26.1 Å². The lowest BCUT2D eigenvalue weighted by Gasteiger charge is -2.22. The summed E-state index contributed by atoms with van der Waals surface area (Å²) >= 11 is 0. The zero-order valence-electron chi connectivity index (χ0n) is 11.8. The predicted octanol–water partition coefficient (Wildman–Crippen LogP) is 4.06. The van der Waals surface area contributed by atoms with Gasteiger partial charge in [-0.2, -0.15) is 0 Å². The van der Waals surface area contributed by atoms with Crippen LogP contribution in [0.3, 0.4) is 0 Å². The Morgan fingerprint density at radius 2 is 1.83 bits per heavy atom. The molecule has 0 radical (unpaired) electrons. The van der Waals surface area contributed by atoms with E-state index in [1.54, 1.807) is 6.07 Å². The van der Waals surface area contributed by atoms with Crippen LogP contribution in [-0.4, -0.2) is 11.0 Å². The van der Waals surface area contributed by atoms with Crippen LogP contribution in [0.2, 0.25) is 0 Å². The van der Waals surface area contributed by atoms with Crippen LogP contribution in [0.1, 0.15) is 38.3 Å². The van der Waals surface area contributed by atoms with Crippen LogP contribution in [0.25, 0.3) is 0 Å². The minimum absolute atomic E-state index is 0.164. The molecule has 1 rings (SSSR count). The first kappa shape index (κ1) is 14.5. The smallest absolute Gasteiger partial charge is 0.292 e. The van der Waals surface area contributed by atoms with E-state index in [1.807, 2.05) is 19.9 Å². The molecule has 0 amide bonds. The molecule has 1 aromatic carbocycles. The molecule has 1 unspecified atom stereocenters. The van der Waals surface area contributed by atoms with Crippen LogP contribution in [0.4, 0.5) is 11.4 Å². The molecule has 0 spiro atoms. The highest BCUT2D eigenvalue weighted by molar-refractivity contribution is 5.64. The minimum Gasteiger partial charge on any atom is -0.377 e. The van der Waals surface area contributed by atoms with Crippen molar-refractivity contribution in [1.82, 2.24) is 0 Å². The molecule has 0 aromatic heterocycles.